The number of ether oxygens (including phenoxy) is 1. The highest BCUT2D eigenvalue weighted by Crippen LogP contribution is 2.22. The van der Waals surface area contributed by atoms with E-state index >= 15 is 0 Å². The Morgan fingerprint density at radius 3 is 2.65 bits per heavy atom. The number of nitrogens with one attached hydrogen (secondary N) is 1. The van der Waals surface area contributed by atoms with Crippen LogP contribution in [0, 0.1) is 0 Å². The first-order valence-electron chi connectivity index (χ1n) is 8.86. The van der Waals surface area contributed by atoms with Crippen molar-refractivity contribution in [3.8, 4) is 0 Å². The van der Waals surface area contributed by atoms with Crippen molar-refractivity contribution in [3.05, 3.63) is 53.3 Å². The number of rotatable bonds is 6. The van der Waals surface area contributed by atoms with E-state index in [1.807, 2.05) is 16.8 Å². The zero-order chi connectivity index (χ0) is 18.5. The summed E-state index contributed by atoms with van der Waals surface area (Å²) in [5.74, 6) is -0.299. The number of aryl methyl sites for hydroxylation is 1. The number of carbonyl (C=O) groups excluding carboxylic acids is 3. The van der Waals surface area contributed by atoms with Crippen LogP contribution in [0.5, 0.6) is 0 Å². The summed E-state index contributed by atoms with van der Waals surface area (Å²) in [6.07, 6.45) is 4.56. The van der Waals surface area contributed by atoms with Gasteiger partial charge in [-0.1, -0.05) is 0 Å². The molecule has 136 valence electrons. The molecule has 1 aromatic heterocycles. The molecule has 0 saturated carbocycles. The lowest BCUT2D eigenvalue weighted by Gasteiger charge is -2.15. The van der Waals surface area contributed by atoms with Crippen molar-refractivity contribution in [2.45, 2.75) is 39.2 Å². The molecule has 6 heteroatoms. The van der Waals surface area contributed by atoms with Crippen LogP contribution in [-0.2, 0) is 22.5 Å². The molecule has 0 bridgehead atoms. The topological polar surface area (TPSA) is 77.4 Å². The number of carbonyl (C=O) groups is 3. The molecule has 1 heterocycles. The van der Waals surface area contributed by atoms with Gasteiger partial charge < -0.3 is 14.6 Å². The molecule has 0 spiro atoms. The van der Waals surface area contributed by atoms with Crippen LogP contribution in [0.25, 0.3) is 0 Å². The first-order chi connectivity index (χ1) is 12.6. The molecule has 2 aromatic rings. The quantitative estimate of drug-likeness (QED) is 0.808. The number of amides is 1. The fourth-order valence-electron chi connectivity index (χ4n) is 3.15. The number of anilines is 1. The third kappa shape index (κ3) is 4.02. The summed E-state index contributed by atoms with van der Waals surface area (Å²) in [5, 5.41) is 2.82. The van der Waals surface area contributed by atoms with E-state index in [0.29, 0.717) is 37.2 Å². The molecule has 0 aliphatic heterocycles. The Bertz CT molecular complexity index is 821. The number of Topliss-reactive ketones (excluding diaryl/α,β-unsaturated/α-hetero) is 1. The molecule has 0 radical (unpaired) electrons. The number of hydrogen-bond donors (Lipinski definition) is 1. The summed E-state index contributed by atoms with van der Waals surface area (Å²) in [4.78, 5) is 35.7. The van der Waals surface area contributed by atoms with Crippen molar-refractivity contribution >= 4 is 23.3 Å². The summed E-state index contributed by atoms with van der Waals surface area (Å²) in [5.41, 5.74) is 2.92. The Morgan fingerprint density at radius 2 is 1.92 bits per heavy atom. The monoisotopic (exact) mass is 354 g/mol. The van der Waals surface area contributed by atoms with E-state index < -0.39 is 0 Å². The molecule has 0 unspecified atom stereocenters. The molecule has 26 heavy (non-hydrogen) atoms. The first-order valence-corrected chi connectivity index (χ1v) is 8.86. The largest absolute Gasteiger partial charge is 0.462 e. The van der Waals surface area contributed by atoms with Crippen molar-refractivity contribution in [2.75, 3.05) is 11.9 Å². The second-order valence-corrected chi connectivity index (χ2v) is 6.24. The van der Waals surface area contributed by atoms with Crippen LogP contribution in [-0.4, -0.2) is 28.8 Å². The van der Waals surface area contributed by atoms with Gasteiger partial charge in [0.15, 0.2) is 5.78 Å². The summed E-state index contributed by atoms with van der Waals surface area (Å²) in [6, 6.07) is 8.46. The van der Waals surface area contributed by atoms with E-state index in [9.17, 15) is 14.4 Å². The maximum Gasteiger partial charge on any atom is 0.338 e. The van der Waals surface area contributed by atoms with E-state index in [-0.39, 0.29) is 17.7 Å². The third-order valence-electron chi connectivity index (χ3n) is 4.46. The van der Waals surface area contributed by atoms with Crippen LogP contribution in [0.15, 0.2) is 36.5 Å². The minimum atomic E-state index is -0.377. The Labute approximate surface area is 152 Å². The second kappa shape index (κ2) is 7.99. The fraction of sp³-hybridized carbons (Fsp3) is 0.350. The maximum absolute atomic E-state index is 12.2. The lowest BCUT2D eigenvalue weighted by Crippen LogP contribution is -2.17. The number of fused-ring (bicyclic) bond motifs is 1. The highest BCUT2D eigenvalue weighted by atomic mass is 16.5. The molecule has 6 nitrogen and oxygen atoms in total. The molecule has 1 aliphatic carbocycles. The number of hydrogen-bond acceptors (Lipinski definition) is 4. The van der Waals surface area contributed by atoms with Gasteiger partial charge >= 0.3 is 5.97 Å². The van der Waals surface area contributed by atoms with Crippen LogP contribution in [0.1, 0.15) is 52.6 Å². The van der Waals surface area contributed by atoms with Gasteiger partial charge in [0, 0.05) is 42.5 Å². The minimum Gasteiger partial charge on any atom is -0.462 e. The van der Waals surface area contributed by atoms with Crippen molar-refractivity contribution in [1.29, 1.82) is 0 Å². The SMILES string of the molecule is CCOC(=O)c1ccc(NC(=O)CCn2ccc3c2CCCC3=O)cc1. The van der Waals surface area contributed by atoms with E-state index in [1.165, 1.54) is 0 Å². The third-order valence-corrected chi connectivity index (χ3v) is 4.46. The van der Waals surface area contributed by atoms with Crippen LogP contribution in [0.3, 0.4) is 0 Å². The Hall–Kier alpha value is -2.89. The van der Waals surface area contributed by atoms with Gasteiger partial charge in [0.1, 0.15) is 0 Å². The van der Waals surface area contributed by atoms with E-state index in [1.54, 1.807) is 31.2 Å². The number of aromatic nitrogens is 1. The molecule has 3 rings (SSSR count). The van der Waals surface area contributed by atoms with Crippen LogP contribution in [0.4, 0.5) is 5.69 Å². The zero-order valence-corrected chi connectivity index (χ0v) is 14.8. The Morgan fingerprint density at radius 1 is 1.15 bits per heavy atom. The lowest BCUT2D eigenvalue weighted by molar-refractivity contribution is -0.116. The van der Waals surface area contributed by atoms with Crippen LogP contribution >= 0.6 is 0 Å². The smallest absolute Gasteiger partial charge is 0.338 e. The van der Waals surface area contributed by atoms with Gasteiger partial charge in [-0.25, -0.2) is 4.79 Å². The zero-order valence-electron chi connectivity index (χ0n) is 14.8. The van der Waals surface area contributed by atoms with Crippen molar-refractivity contribution in [3.63, 3.8) is 0 Å². The highest BCUT2D eigenvalue weighted by Gasteiger charge is 2.20. The Kier molecular flexibility index (Phi) is 5.51. The van der Waals surface area contributed by atoms with Gasteiger partial charge in [0.2, 0.25) is 5.91 Å². The predicted octanol–water partition coefficient (Wildman–Crippen LogP) is 3.21. The van der Waals surface area contributed by atoms with Crippen molar-refractivity contribution < 1.29 is 19.1 Å². The Balaban J connectivity index is 1.55. The van der Waals surface area contributed by atoms with Gasteiger partial charge in [0.25, 0.3) is 0 Å². The average Bonchev–Trinajstić information content (AvgIpc) is 3.05. The number of benzene rings is 1. The molecular weight excluding hydrogens is 332 g/mol. The first kappa shape index (κ1) is 17.9. The summed E-state index contributed by atoms with van der Waals surface area (Å²) in [6.45, 7) is 2.62. The van der Waals surface area contributed by atoms with Gasteiger partial charge in [-0.2, -0.15) is 0 Å². The molecule has 0 saturated heterocycles. The summed E-state index contributed by atoms with van der Waals surface area (Å²) < 4.78 is 6.92. The highest BCUT2D eigenvalue weighted by molar-refractivity contribution is 5.98. The average molecular weight is 354 g/mol. The van der Waals surface area contributed by atoms with Crippen molar-refractivity contribution in [2.24, 2.45) is 0 Å². The summed E-state index contributed by atoms with van der Waals surface area (Å²) >= 11 is 0. The normalized spacial score (nSPS) is 13.2. The van der Waals surface area contributed by atoms with Crippen LogP contribution < -0.4 is 5.32 Å². The van der Waals surface area contributed by atoms with Crippen LogP contribution in [0.2, 0.25) is 0 Å². The van der Waals surface area contributed by atoms with E-state index in [4.69, 9.17) is 4.74 Å². The van der Waals surface area contributed by atoms with Gasteiger partial charge in [-0.05, 0) is 50.1 Å². The molecule has 1 aliphatic rings. The fourth-order valence-corrected chi connectivity index (χ4v) is 3.15. The van der Waals surface area contributed by atoms with Crippen molar-refractivity contribution in [1.82, 2.24) is 4.57 Å². The summed E-state index contributed by atoms with van der Waals surface area (Å²) in [7, 11) is 0. The van der Waals surface area contributed by atoms with E-state index in [0.717, 1.165) is 24.1 Å². The van der Waals surface area contributed by atoms with Gasteiger partial charge in [0.05, 0.1) is 12.2 Å². The molecule has 0 atom stereocenters. The second-order valence-electron chi connectivity index (χ2n) is 6.24. The minimum absolute atomic E-state index is 0.113. The predicted molar refractivity (Wildman–Crippen MR) is 97.3 cm³/mol. The molecular formula is C20H22N2O4. The molecule has 0 fully saturated rings. The number of nitrogens with zero attached hydrogens (tertiary/aromatic N) is 1. The van der Waals surface area contributed by atoms with Gasteiger partial charge in [-0.3, -0.25) is 9.59 Å². The number of ketones is 1. The number of esters is 1. The molecule has 1 amide bonds. The maximum atomic E-state index is 12.2. The molecule has 1 N–H and O–H groups in total. The lowest BCUT2D eigenvalue weighted by atomic mass is 9.97. The standard InChI is InChI=1S/C20H22N2O4/c1-2-26-20(25)14-6-8-15(9-7-14)21-19(24)11-13-22-12-10-16-17(22)4-3-5-18(16)23/h6-10,12H,2-5,11,13H2,1H3,(H,21,24). The van der Waals surface area contributed by atoms with Gasteiger partial charge in [-0.15, -0.1) is 0 Å². The molecule has 1 aromatic carbocycles. The van der Waals surface area contributed by atoms with E-state index in [2.05, 4.69) is 5.32 Å².